The molecule has 8 heteroatoms. The van der Waals surface area contributed by atoms with Crippen molar-refractivity contribution in [2.75, 3.05) is 32.7 Å². The molecule has 0 aliphatic carbocycles. The third kappa shape index (κ3) is 5.11. The van der Waals surface area contributed by atoms with Crippen LogP contribution in [-0.2, 0) is 6.54 Å². The highest BCUT2D eigenvalue weighted by Gasteiger charge is 2.32. The van der Waals surface area contributed by atoms with Gasteiger partial charge >= 0.3 is 12.3 Å². The molecule has 1 saturated heterocycles. The van der Waals surface area contributed by atoms with E-state index in [0.717, 1.165) is 38.8 Å². The van der Waals surface area contributed by atoms with Crippen molar-refractivity contribution < 1.29 is 27.8 Å². The minimum Gasteiger partial charge on any atom is -0.478 e. The average molecular weight is 332 g/mol. The van der Waals surface area contributed by atoms with Crippen LogP contribution in [0.5, 0.6) is 5.75 Å². The van der Waals surface area contributed by atoms with Crippen LogP contribution in [0.1, 0.15) is 22.8 Å². The monoisotopic (exact) mass is 332 g/mol. The van der Waals surface area contributed by atoms with Crippen LogP contribution >= 0.6 is 0 Å². The van der Waals surface area contributed by atoms with Crippen molar-refractivity contribution in [1.29, 1.82) is 0 Å². The predicted octanol–water partition coefficient (Wildman–Crippen LogP) is 2.42. The zero-order valence-electron chi connectivity index (χ0n) is 12.8. The molecule has 0 radical (unpaired) electrons. The van der Waals surface area contributed by atoms with Crippen LogP contribution in [-0.4, -0.2) is 60.0 Å². The number of nitrogens with zero attached hydrogens (tertiary/aromatic N) is 2. The number of carboxylic acids is 1. The van der Waals surface area contributed by atoms with Crippen molar-refractivity contribution in [2.24, 2.45) is 0 Å². The number of halogens is 3. The largest absolute Gasteiger partial charge is 0.573 e. The minimum atomic E-state index is -4.85. The van der Waals surface area contributed by atoms with Crippen LogP contribution in [0.4, 0.5) is 13.2 Å². The number of likely N-dealkylation sites (N-methyl/N-ethyl adjacent to an activating group) is 1. The molecule has 0 saturated carbocycles. The molecule has 0 amide bonds. The Bertz CT molecular complexity index is 555. The summed E-state index contributed by atoms with van der Waals surface area (Å²) in [6, 6.07) is 3.60. The first-order valence-electron chi connectivity index (χ1n) is 7.35. The van der Waals surface area contributed by atoms with Gasteiger partial charge in [-0.15, -0.1) is 13.2 Å². The first kappa shape index (κ1) is 17.6. The lowest BCUT2D eigenvalue weighted by atomic mass is 10.1. The summed E-state index contributed by atoms with van der Waals surface area (Å²) >= 11 is 0. The molecule has 0 atom stereocenters. The number of alkyl halides is 3. The first-order valence-corrected chi connectivity index (χ1v) is 7.35. The number of ether oxygens (including phenoxy) is 1. The number of carbonyl (C=O) groups is 1. The quantitative estimate of drug-likeness (QED) is 0.897. The molecule has 0 bridgehead atoms. The third-order valence-electron chi connectivity index (χ3n) is 3.85. The van der Waals surface area contributed by atoms with Crippen LogP contribution in [0.15, 0.2) is 18.2 Å². The maximum atomic E-state index is 12.5. The summed E-state index contributed by atoms with van der Waals surface area (Å²) in [6.45, 7) is 6.53. The molecule has 1 aromatic carbocycles. The summed E-state index contributed by atoms with van der Waals surface area (Å²) < 4.78 is 41.6. The first-order chi connectivity index (χ1) is 10.8. The Balaban J connectivity index is 2.15. The number of rotatable bonds is 5. The molecule has 1 aliphatic rings. The van der Waals surface area contributed by atoms with E-state index in [2.05, 4.69) is 16.6 Å². The smallest absolute Gasteiger partial charge is 0.478 e. The van der Waals surface area contributed by atoms with Gasteiger partial charge in [-0.05, 0) is 18.7 Å². The summed E-state index contributed by atoms with van der Waals surface area (Å²) in [7, 11) is 0. The molecule has 1 fully saturated rings. The van der Waals surface area contributed by atoms with Crippen molar-refractivity contribution in [3.05, 3.63) is 29.3 Å². The number of benzene rings is 1. The van der Waals surface area contributed by atoms with Gasteiger partial charge in [-0.25, -0.2) is 4.79 Å². The van der Waals surface area contributed by atoms with Gasteiger partial charge < -0.3 is 14.7 Å². The van der Waals surface area contributed by atoms with E-state index in [1.54, 1.807) is 0 Å². The van der Waals surface area contributed by atoms with E-state index in [9.17, 15) is 18.0 Å². The molecule has 0 unspecified atom stereocenters. The van der Waals surface area contributed by atoms with E-state index >= 15 is 0 Å². The van der Waals surface area contributed by atoms with Crippen LogP contribution in [0.2, 0.25) is 0 Å². The maximum absolute atomic E-state index is 12.5. The molecule has 23 heavy (non-hydrogen) atoms. The van der Waals surface area contributed by atoms with E-state index in [0.29, 0.717) is 12.1 Å². The van der Waals surface area contributed by atoms with Crippen molar-refractivity contribution in [2.45, 2.75) is 19.8 Å². The number of aromatic carboxylic acids is 1. The van der Waals surface area contributed by atoms with E-state index in [1.165, 1.54) is 12.1 Å². The predicted molar refractivity (Wildman–Crippen MR) is 77.5 cm³/mol. The van der Waals surface area contributed by atoms with Gasteiger partial charge in [-0.2, -0.15) is 0 Å². The van der Waals surface area contributed by atoms with Crippen LogP contribution in [0.3, 0.4) is 0 Å². The summed E-state index contributed by atoms with van der Waals surface area (Å²) in [4.78, 5) is 15.2. The van der Waals surface area contributed by atoms with E-state index in [4.69, 9.17) is 5.11 Å². The second-order valence-electron chi connectivity index (χ2n) is 5.39. The molecule has 0 aromatic heterocycles. The summed E-state index contributed by atoms with van der Waals surface area (Å²) in [5, 5.41) is 8.92. The molecule has 1 heterocycles. The van der Waals surface area contributed by atoms with Crippen LogP contribution in [0, 0.1) is 0 Å². The molecule has 5 nitrogen and oxygen atoms in total. The van der Waals surface area contributed by atoms with E-state index in [1.807, 2.05) is 4.90 Å². The van der Waals surface area contributed by atoms with Crippen LogP contribution in [0.25, 0.3) is 0 Å². The highest BCUT2D eigenvalue weighted by molar-refractivity contribution is 5.88. The van der Waals surface area contributed by atoms with Gasteiger partial charge in [0.05, 0.1) is 5.56 Å². The second-order valence-corrected chi connectivity index (χ2v) is 5.39. The van der Waals surface area contributed by atoms with E-state index in [-0.39, 0.29) is 5.56 Å². The minimum absolute atomic E-state index is 0.233. The molecule has 1 aromatic rings. The Morgan fingerprint density at radius 3 is 2.35 bits per heavy atom. The third-order valence-corrected chi connectivity index (χ3v) is 3.85. The lowest BCUT2D eigenvalue weighted by Crippen LogP contribution is -2.45. The highest BCUT2D eigenvalue weighted by Crippen LogP contribution is 2.29. The van der Waals surface area contributed by atoms with Crippen molar-refractivity contribution in [1.82, 2.24) is 9.80 Å². The van der Waals surface area contributed by atoms with Gasteiger partial charge in [-0.1, -0.05) is 13.0 Å². The topological polar surface area (TPSA) is 53.0 Å². The van der Waals surface area contributed by atoms with Crippen molar-refractivity contribution in [3.8, 4) is 5.75 Å². The molecule has 128 valence electrons. The second kappa shape index (κ2) is 7.18. The van der Waals surface area contributed by atoms with Gasteiger partial charge in [0, 0.05) is 38.3 Å². The zero-order valence-corrected chi connectivity index (χ0v) is 12.8. The average Bonchev–Trinajstić information content (AvgIpc) is 2.48. The van der Waals surface area contributed by atoms with Gasteiger partial charge in [-0.3, -0.25) is 4.90 Å². The lowest BCUT2D eigenvalue weighted by Gasteiger charge is -2.34. The fourth-order valence-electron chi connectivity index (χ4n) is 2.54. The number of hydrogen-bond acceptors (Lipinski definition) is 4. The molecule has 1 N–H and O–H groups in total. The maximum Gasteiger partial charge on any atom is 0.573 e. The lowest BCUT2D eigenvalue weighted by molar-refractivity contribution is -0.275. The highest BCUT2D eigenvalue weighted by atomic mass is 19.4. The van der Waals surface area contributed by atoms with Gasteiger partial charge in [0.15, 0.2) is 0 Å². The fraction of sp³-hybridized carbons (Fsp3) is 0.533. The zero-order chi connectivity index (χ0) is 17.0. The number of carboxylic acid groups (broad SMARTS) is 1. The normalized spacial score (nSPS) is 17.2. The Hall–Kier alpha value is -1.80. The molecule has 2 rings (SSSR count). The van der Waals surface area contributed by atoms with Crippen LogP contribution < -0.4 is 4.74 Å². The Morgan fingerprint density at radius 1 is 1.22 bits per heavy atom. The number of hydrogen-bond donors (Lipinski definition) is 1. The van der Waals surface area contributed by atoms with Gasteiger partial charge in [0.1, 0.15) is 5.75 Å². The molecule has 1 aliphatic heterocycles. The Morgan fingerprint density at radius 2 is 1.83 bits per heavy atom. The fourth-order valence-corrected chi connectivity index (χ4v) is 2.54. The molecular formula is C15H19F3N2O3. The summed E-state index contributed by atoms with van der Waals surface area (Å²) in [5.41, 5.74) is 0.0982. The molecule has 0 spiro atoms. The Labute approximate surface area is 132 Å². The molecular weight excluding hydrogens is 313 g/mol. The van der Waals surface area contributed by atoms with Gasteiger partial charge in [0.25, 0.3) is 0 Å². The Kier molecular flexibility index (Phi) is 5.48. The van der Waals surface area contributed by atoms with Gasteiger partial charge in [0.2, 0.25) is 0 Å². The van der Waals surface area contributed by atoms with E-state index < -0.39 is 18.1 Å². The van der Waals surface area contributed by atoms with Crippen molar-refractivity contribution >= 4 is 5.97 Å². The summed E-state index contributed by atoms with van der Waals surface area (Å²) in [5.74, 6) is -1.74. The number of piperazine rings is 1. The van der Waals surface area contributed by atoms with Crippen molar-refractivity contribution in [3.63, 3.8) is 0 Å². The SMILES string of the molecule is CCN1CCN(Cc2ccc(C(=O)O)cc2OC(F)(F)F)CC1. The standard InChI is InChI=1S/C15H19F3N2O3/c1-2-19-5-7-20(8-6-19)10-12-4-3-11(14(21)22)9-13(12)23-15(16,17)18/h3-4,9H,2,5-8,10H2,1H3,(H,21,22). The summed E-state index contributed by atoms with van der Waals surface area (Å²) in [6.07, 6.45) is -4.85.